The Morgan fingerprint density at radius 1 is 1.10 bits per heavy atom. The number of nitrogens with zero attached hydrogens (tertiary/aromatic N) is 4. The summed E-state index contributed by atoms with van der Waals surface area (Å²) < 4.78 is 7.37. The molecule has 0 aliphatic heterocycles. The van der Waals surface area contributed by atoms with Crippen molar-refractivity contribution >= 4 is 40.2 Å². The van der Waals surface area contributed by atoms with Crippen LogP contribution in [0.3, 0.4) is 0 Å². The van der Waals surface area contributed by atoms with Crippen molar-refractivity contribution < 1.29 is 14.3 Å². The van der Waals surface area contributed by atoms with Crippen LogP contribution < -0.4 is 10.9 Å². The fraction of sp³-hybridized carbons (Fsp3) is 0.0952. The number of rotatable bonds is 5. The minimum Gasteiger partial charge on any atom is -0.465 e. The Morgan fingerprint density at radius 2 is 1.81 bits per heavy atom. The Balaban J connectivity index is 1.53. The number of carbonyl (C=O) groups excluding carboxylic acids is 2. The molecule has 2 aromatic heterocycles. The number of hydrogen-bond donors (Lipinski definition) is 1. The largest absolute Gasteiger partial charge is 0.465 e. The summed E-state index contributed by atoms with van der Waals surface area (Å²) in [6.45, 7) is -0.230. The Morgan fingerprint density at radius 3 is 2.48 bits per heavy atom. The highest BCUT2D eigenvalue weighted by molar-refractivity contribution is 6.30. The molecule has 4 rings (SSSR count). The minimum absolute atomic E-state index is 0.230. The molecule has 10 heteroatoms. The molecule has 0 aliphatic rings. The Hall–Kier alpha value is -3.98. The van der Waals surface area contributed by atoms with Crippen LogP contribution in [0.4, 0.5) is 5.69 Å². The molecule has 0 aliphatic carbocycles. The van der Waals surface area contributed by atoms with E-state index in [1.54, 1.807) is 36.4 Å². The first-order valence-electron chi connectivity index (χ1n) is 9.13. The number of hydrogen-bond acceptors (Lipinski definition) is 6. The average molecular weight is 438 g/mol. The molecule has 1 amide bonds. The van der Waals surface area contributed by atoms with Gasteiger partial charge in [-0.15, -0.1) is 0 Å². The summed E-state index contributed by atoms with van der Waals surface area (Å²) >= 11 is 5.91. The van der Waals surface area contributed by atoms with Gasteiger partial charge in [0.2, 0.25) is 5.91 Å². The molecule has 0 spiro atoms. The minimum atomic E-state index is -0.469. The highest BCUT2D eigenvalue weighted by atomic mass is 35.5. The maximum absolute atomic E-state index is 12.8. The van der Waals surface area contributed by atoms with Gasteiger partial charge in [0.05, 0.1) is 24.6 Å². The van der Waals surface area contributed by atoms with Crippen LogP contribution in [0.15, 0.2) is 65.8 Å². The zero-order chi connectivity index (χ0) is 22.0. The van der Waals surface area contributed by atoms with Crippen molar-refractivity contribution in [1.82, 2.24) is 19.3 Å². The van der Waals surface area contributed by atoms with E-state index in [2.05, 4.69) is 20.1 Å². The quantitative estimate of drug-likeness (QED) is 0.481. The number of nitrogens with one attached hydrogen (secondary N) is 1. The van der Waals surface area contributed by atoms with Gasteiger partial charge in [-0.2, -0.15) is 5.10 Å². The van der Waals surface area contributed by atoms with E-state index in [0.717, 1.165) is 0 Å². The second kappa shape index (κ2) is 8.41. The second-order valence-electron chi connectivity index (χ2n) is 6.56. The van der Waals surface area contributed by atoms with Crippen LogP contribution in [0.2, 0.25) is 5.02 Å². The molecule has 0 radical (unpaired) electrons. The SMILES string of the molecule is COC(=O)c1ccc(NC(=O)Cn2cnc3c(cnn3-c3ccc(Cl)cc3)c2=O)cc1. The highest BCUT2D eigenvalue weighted by Gasteiger charge is 2.14. The van der Waals surface area contributed by atoms with E-state index >= 15 is 0 Å². The van der Waals surface area contributed by atoms with Crippen LogP contribution in [-0.2, 0) is 16.1 Å². The third-order valence-corrected chi connectivity index (χ3v) is 4.78. The molecule has 1 N–H and O–H groups in total. The molecular weight excluding hydrogens is 422 g/mol. The standard InChI is InChI=1S/C21H16ClN5O4/c1-31-21(30)13-2-6-15(7-3-13)25-18(28)11-26-12-23-19-17(20(26)29)10-24-27(19)16-8-4-14(22)5-9-16/h2-10,12H,11H2,1H3,(H,25,28). The predicted molar refractivity (Wildman–Crippen MR) is 115 cm³/mol. The van der Waals surface area contributed by atoms with E-state index in [9.17, 15) is 14.4 Å². The normalized spacial score (nSPS) is 10.8. The molecule has 0 unspecified atom stereocenters. The van der Waals surface area contributed by atoms with Gasteiger partial charge in [0.15, 0.2) is 5.65 Å². The molecule has 2 heterocycles. The summed E-state index contributed by atoms with van der Waals surface area (Å²) in [5.74, 6) is -0.887. The average Bonchev–Trinajstić information content (AvgIpc) is 3.21. The smallest absolute Gasteiger partial charge is 0.337 e. The summed E-state index contributed by atoms with van der Waals surface area (Å²) in [6.07, 6.45) is 2.72. The molecular formula is C21H16ClN5O4. The molecule has 31 heavy (non-hydrogen) atoms. The lowest BCUT2D eigenvalue weighted by Crippen LogP contribution is -2.27. The van der Waals surface area contributed by atoms with E-state index in [0.29, 0.717) is 27.6 Å². The summed E-state index contributed by atoms with van der Waals surface area (Å²) in [6, 6.07) is 13.2. The van der Waals surface area contributed by atoms with Crippen LogP contribution in [-0.4, -0.2) is 38.3 Å². The first-order chi connectivity index (χ1) is 15.0. The number of halogens is 1. The number of anilines is 1. The zero-order valence-corrected chi connectivity index (χ0v) is 17.0. The van der Waals surface area contributed by atoms with Crippen molar-refractivity contribution in [3.63, 3.8) is 0 Å². The molecule has 4 aromatic rings. The molecule has 0 bridgehead atoms. The van der Waals surface area contributed by atoms with Gasteiger partial charge >= 0.3 is 5.97 Å². The van der Waals surface area contributed by atoms with E-state index in [1.165, 1.54) is 41.0 Å². The van der Waals surface area contributed by atoms with E-state index < -0.39 is 11.9 Å². The predicted octanol–water partition coefficient (Wildman–Crippen LogP) is 2.66. The lowest BCUT2D eigenvalue weighted by atomic mass is 10.2. The van der Waals surface area contributed by atoms with E-state index in [4.69, 9.17) is 11.6 Å². The summed E-state index contributed by atoms with van der Waals surface area (Å²) in [7, 11) is 1.29. The second-order valence-corrected chi connectivity index (χ2v) is 7.00. The first-order valence-corrected chi connectivity index (χ1v) is 9.51. The topological polar surface area (TPSA) is 108 Å². The highest BCUT2D eigenvalue weighted by Crippen LogP contribution is 2.16. The molecule has 0 saturated heterocycles. The van der Waals surface area contributed by atoms with Crippen LogP contribution in [0.25, 0.3) is 16.7 Å². The molecule has 156 valence electrons. The fourth-order valence-electron chi connectivity index (χ4n) is 3.00. The number of esters is 1. The van der Waals surface area contributed by atoms with Gasteiger partial charge in [-0.1, -0.05) is 11.6 Å². The molecule has 9 nitrogen and oxygen atoms in total. The van der Waals surface area contributed by atoms with Gasteiger partial charge < -0.3 is 10.1 Å². The number of fused-ring (bicyclic) bond motifs is 1. The number of amides is 1. The fourth-order valence-corrected chi connectivity index (χ4v) is 3.12. The van der Waals surface area contributed by atoms with Crippen molar-refractivity contribution in [2.45, 2.75) is 6.54 Å². The summed E-state index contributed by atoms with van der Waals surface area (Å²) in [4.78, 5) is 40.9. The Kier molecular flexibility index (Phi) is 5.50. The third kappa shape index (κ3) is 4.17. The Bertz CT molecular complexity index is 1330. The lowest BCUT2D eigenvalue weighted by Gasteiger charge is -2.08. The molecule has 0 saturated carbocycles. The van der Waals surface area contributed by atoms with Gasteiger partial charge in [0, 0.05) is 10.7 Å². The summed E-state index contributed by atoms with van der Waals surface area (Å²) in [5, 5.41) is 7.78. The molecule has 2 aromatic carbocycles. The molecule has 0 atom stereocenters. The van der Waals surface area contributed by atoms with Gasteiger partial charge in [-0.3, -0.25) is 14.2 Å². The zero-order valence-electron chi connectivity index (χ0n) is 16.3. The van der Waals surface area contributed by atoms with E-state index in [1.807, 2.05) is 0 Å². The molecule has 0 fully saturated rings. The van der Waals surface area contributed by atoms with Crippen molar-refractivity contribution in [2.75, 3.05) is 12.4 Å². The monoisotopic (exact) mass is 437 g/mol. The number of methoxy groups -OCH3 is 1. The van der Waals surface area contributed by atoms with Crippen LogP contribution >= 0.6 is 11.6 Å². The third-order valence-electron chi connectivity index (χ3n) is 4.53. The number of carbonyl (C=O) groups is 2. The van der Waals surface area contributed by atoms with Crippen LogP contribution in [0.5, 0.6) is 0 Å². The number of ether oxygens (including phenoxy) is 1. The van der Waals surface area contributed by atoms with Gasteiger partial charge in [-0.25, -0.2) is 14.5 Å². The Labute approximate surface area is 180 Å². The van der Waals surface area contributed by atoms with Crippen molar-refractivity contribution in [2.24, 2.45) is 0 Å². The number of benzene rings is 2. The van der Waals surface area contributed by atoms with Crippen LogP contribution in [0, 0.1) is 0 Å². The van der Waals surface area contributed by atoms with E-state index in [-0.39, 0.29) is 17.5 Å². The van der Waals surface area contributed by atoms with Gasteiger partial charge in [0.25, 0.3) is 5.56 Å². The van der Waals surface area contributed by atoms with Crippen molar-refractivity contribution in [3.05, 3.63) is 82.0 Å². The first kappa shape index (κ1) is 20.3. The van der Waals surface area contributed by atoms with Crippen LogP contribution in [0.1, 0.15) is 10.4 Å². The van der Waals surface area contributed by atoms with Gasteiger partial charge in [-0.05, 0) is 48.5 Å². The van der Waals surface area contributed by atoms with Gasteiger partial charge in [0.1, 0.15) is 18.3 Å². The number of aromatic nitrogens is 4. The lowest BCUT2D eigenvalue weighted by molar-refractivity contribution is -0.116. The maximum Gasteiger partial charge on any atom is 0.337 e. The van der Waals surface area contributed by atoms with Crippen molar-refractivity contribution in [1.29, 1.82) is 0 Å². The van der Waals surface area contributed by atoms with Crippen molar-refractivity contribution in [3.8, 4) is 5.69 Å². The summed E-state index contributed by atoms with van der Waals surface area (Å²) in [5.41, 5.74) is 1.54. The maximum atomic E-state index is 12.8.